The van der Waals surface area contributed by atoms with Crippen molar-refractivity contribution in [2.75, 3.05) is 6.79 Å². The van der Waals surface area contributed by atoms with E-state index in [4.69, 9.17) is 13.9 Å². The smallest absolute Gasteiger partial charge is 0.231 e. The van der Waals surface area contributed by atoms with Crippen LogP contribution in [0.15, 0.2) is 53.1 Å². The zero-order valence-electron chi connectivity index (χ0n) is 11.5. The van der Waals surface area contributed by atoms with Gasteiger partial charge in [-0.1, -0.05) is 30.3 Å². The molecule has 3 aromatic rings. The molecule has 4 heteroatoms. The second-order valence-corrected chi connectivity index (χ2v) is 5.01. The number of ether oxygens (including phenoxy) is 2. The topological polar surface area (TPSA) is 43.6 Å². The fourth-order valence-electron chi connectivity index (χ4n) is 2.63. The van der Waals surface area contributed by atoms with Crippen molar-refractivity contribution in [1.29, 1.82) is 0 Å². The normalized spacial score (nSPS) is 13.0. The molecule has 0 radical (unpaired) electrons. The van der Waals surface area contributed by atoms with Crippen LogP contribution in [0.5, 0.6) is 11.5 Å². The molecule has 0 saturated heterocycles. The van der Waals surface area contributed by atoms with Crippen LogP contribution in [0.2, 0.25) is 0 Å². The van der Waals surface area contributed by atoms with E-state index in [1.165, 1.54) is 0 Å². The van der Waals surface area contributed by atoms with Crippen LogP contribution in [0.25, 0.3) is 11.0 Å². The van der Waals surface area contributed by atoms with Gasteiger partial charge in [-0.15, -0.1) is 0 Å². The molecule has 0 fully saturated rings. The number of nitrogens with one attached hydrogen (secondary N) is 1. The van der Waals surface area contributed by atoms with E-state index in [1.807, 2.05) is 42.7 Å². The molecule has 0 unspecified atom stereocenters. The molecule has 21 heavy (non-hydrogen) atoms. The second kappa shape index (κ2) is 5.14. The van der Waals surface area contributed by atoms with E-state index < -0.39 is 0 Å². The molecule has 0 bridgehead atoms. The second-order valence-electron chi connectivity index (χ2n) is 5.01. The van der Waals surface area contributed by atoms with Crippen LogP contribution < -0.4 is 14.8 Å². The first kappa shape index (κ1) is 12.3. The van der Waals surface area contributed by atoms with Crippen LogP contribution in [0.1, 0.15) is 11.1 Å². The minimum absolute atomic E-state index is 0.304. The van der Waals surface area contributed by atoms with Gasteiger partial charge < -0.3 is 19.2 Å². The van der Waals surface area contributed by atoms with Crippen LogP contribution in [-0.4, -0.2) is 6.79 Å². The Balaban J connectivity index is 1.47. The van der Waals surface area contributed by atoms with E-state index in [1.54, 1.807) is 0 Å². The summed E-state index contributed by atoms with van der Waals surface area (Å²) >= 11 is 0. The van der Waals surface area contributed by atoms with Crippen molar-refractivity contribution in [3.05, 3.63) is 59.9 Å². The summed E-state index contributed by atoms with van der Waals surface area (Å²) in [5.41, 5.74) is 3.19. The molecule has 0 spiro atoms. The first-order valence-corrected chi connectivity index (χ1v) is 6.95. The lowest BCUT2D eigenvalue weighted by Gasteiger charge is -2.07. The number of furan rings is 1. The van der Waals surface area contributed by atoms with Crippen LogP contribution >= 0.6 is 0 Å². The molecular weight excluding hydrogens is 266 g/mol. The zero-order valence-corrected chi connectivity index (χ0v) is 11.5. The number of benzene rings is 2. The number of fused-ring (bicyclic) bond motifs is 2. The average molecular weight is 281 g/mol. The van der Waals surface area contributed by atoms with Gasteiger partial charge >= 0.3 is 0 Å². The molecule has 1 aromatic heterocycles. The molecule has 1 aliphatic heterocycles. The molecule has 0 aliphatic carbocycles. The number of rotatable bonds is 4. The molecule has 0 amide bonds. The van der Waals surface area contributed by atoms with Gasteiger partial charge in [-0.2, -0.15) is 0 Å². The molecule has 4 rings (SSSR count). The van der Waals surface area contributed by atoms with Gasteiger partial charge in [0.1, 0.15) is 5.58 Å². The quantitative estimate of drug-likeness (QED) is 0.795. The van der Waals surface area contributed by atoms with Crippen LogP contribution in [0, 0.1) is 0 Å². The molecule has 2 aromatic carbocycles. The van der Waals surface area contributed by atoms with Gasteiger partial charge in [0.15, 0.2) is 11.5 Å². The van der Waals surface area contributed by atoms with Crippen LogP contribution in [0.3, 0.4) is 0 Å². The summed E-state index contributed by atoms with van der Waals surface area (Å²) in [6, 6.07) is 14.0. The number of hydrogen-bond donors (Lipinski definition) is 1. The van der Waals surface area contributed by atoms with E-state index in [9.17, 15) is 0 Å². The highest BCUT2D eigenvalue weighted by Gasteiger charge is 2.16. The summed E-state index contributed by atoms with van der Waals surface area (Å²) in [5, 5.41) is 4.59. The lowest BCUT2D eigenvalue weighted by atomic mass is 10.1. The molecule has 4 nitrogen and oxygen atoms in total. The van der Waals surface area contributed by atoms with E-state index in [0.717, 1.165) is 46.7 Å². The van der Waals surface area contributed by atoms with Crippen molar-refractivity contribution >= 4 is 11.0 Å². The Labute approximate surface area is 122 Å². The Morgan fingerprint density at radius 1 is 0.905 bits per heavy atom. The van der Waals surface area contributed by atoms with Gasteiger partial charge in [0.2, 0.25) is 6.79 Å². The van der Waals surface area contributed by atoms with Gasteiger partial charge in [0, 0.05) is 29.6 Å². The van der Waals surface area contributed by atoms with Crippen molar-refractivity contribution in [2.45, 2.75) is 13.1 Å². The van der Waals surface area contributed by atoms with E-state index in [0.29, 0.717) is 6.79 Å². The van der Waals surface area contributed by atoms with E-state index in [-0.39, 0.29) is 0 Å². The van der Waals surface area contributed by atoms with E-state index >= 15 is 0 Å². The third-order valence-electron chi connectivity index (χ3n) is 3.67. The van der Waals surface area contributed by atoms with Crippen LogP contribution in [-0.2, 0) is 13.1 Å². The molecule has 1 N–H and O–H groups in total. The van der Waals surface area contributed by atoms with Gasteiger partial charge in [-0.3, -0.25) is 0 Å². The van der Waals surface area contributed by atoms with Crippen LogP contribution in [0.4, 0.5) is 0 Å². The number of hydrogen-bond acceptors (Lipinski definition) is 4. The lowest BCUT2D eigenvalue weighted by molar-refractivity contribution is 0.173. The number of para-hydroxylation sites is 2. The largest absolute Gasteiger partial charge is 0.464 e. The lowest BCUT2D eigenvalue weighted by Crippen LogP contribution is -2.12. The molecule has 2 heterocycles. The SMILES string of the molecule is c1cc(CNCc2coc3ccccc23)c2c(c1)OCO2. The van der Waals surface area contributed by atoms with Crippen molar-refractivity contribution < 1.29 is 13.9 Å². The maximum Gasteiger partial charge on any atom is 0.231 e. The maximum absolute atomic E-state index is 5.54. The Morgan fingerprint density at radius 2 is 1.81 bits per heavy atom. The first-order valence-electron chi connectivity index (χ1n) is 6.95. The van der Waals surface area contributed by atoms with Gasteiger partial charge in [0.05, 0.1) is 6.26 Å². The summed E-state index contributed by atoms with van der Waals surface area (Å²) < 4.78 is 16.4. The molecule has 0 saturated carbocycles. The summed E-state index contributed by atoms with van der Waals surface area (Å²) in [7, 11) is 0. The van der Waals surface area contributed by atoms with Crippen molar-refractivity contribution in [2.24, 2.45) is 0 Å². The monoisotopic (exact) mass is 281 g/mol. The molecule has 106 valence electrons. The molecule has 0 atom stereocenters. The summed E-state index contributed by atoms with van der Waals surface area (Å²) in [4.78, 5) is 0. The Kier molecular flexibility index (Phi) is 3.01. The summed E-state index contributed by atoms with van der Waals surface area (Å²) in [5.74, 6) is 1.67. The molecule has 1 aliphatic rings. The van der Waals surface area contributed by atoms with Gasteiger partial charge in [-0.25, -0.2) is 0 Å². The predicted molar refractivity (Wildman–Crippen MR) is 79.3 cm³/mol. The van der Waals surface area contributed by atoms with Crippen molar-refractivity contribution in [3.8, 4) is 11.5 Å². The third-order valence-corrected chi connectivity index (χ3v) is 3.67. The first-order chi connectivity index (χ1) is 10.4. The van der Waals surface area contributed by atoms with Gasteiger partial charge in [-0.05, 0) is 12.1 Å². The maximum atomic E-state index is 5.54. The standard InChI is InChI=1S/C17H15NO3/c1-2-6-15-14(5-1)13(10-19-15)9-18-8-12-4-3-7-16-17(12)21-11-20-16/h1-7,10,18H,8-9,11H2. The highest BCUT2D eigenvalue weighted by molar-refractivity contribution is 5.80. The minimum atomic E-state index is 0.304. The third kappa shape index (κ3) is 2.23. The zero-order chi connectivity index (χ0) is 14.1. The highest BCUT2D eigenvalue weighted by atomic mass is 16.7. The van der Waals surface area contributed by atoms with Crippen molar-refractivity contribution in [3.63, 3.8) is 0 Å². The summed E-state index contributed by atoms with van der Waals surface area (Å²) in [6.45, 7) is 1.78. The Hall–Kier alpha value is -2.46. The predicted octanol–water partition coefficient (Wildman–Crippen LogP) is 3.45. The van der Waals surface area contributed by atoms with Gasteiger partial charge in [0.25, 0.3) is 0 Å². The Bertz CT molecular complexity index is 779. The Morgan fingerprint density at radius 3 is 2.81 bits per heavy atom. The average Bonchev–Trinajstić information content (AvgIpc) is 3.15. The fourth-order valence-corrected chi connectivity index (χ4v) is 2.63. The van der Waals surface area contributed by atoms with Crippen molar-refractivity contribution in [1.82, 2.24) is 5.32 Å². The minimum Gasteiger partial charge on any atom is -0.464 e. The summed E-state index contributed by atoms with van der Waals surface area (Å²) in [6.07, 6.45) is 1.81. The highest BCUT2D eigenvalue weighted by Crippen LogP contribution is 2.35. The fraction of sp³-hybridized carbons (Fsp3) is 0.176. The van der Waals surface area contributed by atoms with E-state index in [2.05, 4.69) is 11.4 Å². The molecular formula is C17H15NO3.